The van der Waals surface area contributed by atoms with Crippen molar-refractivity contribution in [2.75, 3.05) is 26.0 Å². The van der Waals surface area contributed by atoms with Gasteiger partial charge in [0.05, 0.1) is 37.2 Å². The van der Waals surface area contributed by atoms with E-state index in [2.05, 4.69) is 20.7 Å². The zero-order valence-corrected chi connectivity index (χ0v) is 21.8. The van der Waals surface area contributed by atoms with E-state index in [4.69, 9.17) is 9.47 Å². The third-order valence-corrected chi connectivity index (χ3v) is 5.77. The lowest BCUT2D eigenvalue weighted by Gasteiger charge is -2.29. The monoisotopic (exact) mass is 527 g/mol. The van der Waals surface area contributed by atoms with E-state index in [1.807, 2.05) is 24.3 Å². The van der Waals surface area contributed by atoms with Crippen molar-refractivity contribution < 1.29 is 24.2 Å². The second kappa shape index (κ2) is 12.6. The van der Waals surface area contributed by atoms with Crippen LogP contribution in [-0.4, -0.2) is 59.1 Å². The molecule has 39 heavy (non-hydrogen) atoms. The van der Waals surface area contributed by atoms with Crippen LogP contribution in [0.5, 0.6) is 17.2 Å². The van der Waals surface area contributed by atoms with Gasteiger partial charge >= 0.3 is 0 Å². The summed E-state index contributed by atoms with van der Waals surface area (Å²) in [6.45, 7) is 1.76. The van der Waals surface area contributed by atoms with E-state index < -0.39 is 12.0 Å². The molecule has 4 rings (SSSR count). The summed E-state index contributed by atoms with van der Waals surface area (Å²) in [5.74, 6) is 1.31. The van der Waals surface area contributed by atoms with Gasteiger partial charge in [-0.15, -0.1) is 0 Å². The number of nitrogens with one attached hydrogen (secondary N) is 2. The Morgan fingerprint density at radius 3 is 2.49 bits per heavy atom. The molecule has 1 atom stereocenters. The molecular weight excluding hydrogens is 498 g/mol. The molecular formula is C29H29N5O5. The SMILES string of the molecule is CNN(C[C@@H](C)O)/C(=C(\C=O)C(=O)Nc1ccc(Oc2ccnc3cc(OC)ccc23)cn1)c1ccccc1. The van der Waals surface area contributed by atoms with Gasteiger partial charge in [0.1, 0.15) is 28.6 Å². The van der Waals surface area contributed by atoms with Crippen molar-refractivity contribution >= 4 is 34.6 Å². The molecule has 0 bridgehead atoms. The highest BCUT2D eigenvalue weighted by Crippen LogP contribution is 2.31. The number of hydrazine groups is 1. The van der Waals surface area contributed by atoms with Crippen LogP contribution in [0.1, 0.15) is 12.5 Å². The van der Waals surface area contributed by atoms with E-state index >= 15 is 0 Å². The molecule has 0 radical (unpaired) electrons. The molecule has 0 fully saturated rings. The predicted molar refractivity (Wildman–Crippen MR) is 148 cm³/mol. The quantitative estimate of drug-likeness (QED) is 0.0878. The number of methoxy groups -OCH3 is 1. The number of aliphatic hydroxyl groups is 1. The van der Waals surface area contributed by atoms with Crippen molar-refractivity contribution in [3.63, 3.8) is 0 Å². The van der Waals surface area contributed by atoms with Crippen molar-refractivity contribution in [2.24, 2.45) is 0 Å². The number of hydrogen-bond acceptors (Lipinski definition) is 9. The first-order valence-electron chi connectivity index (χ1n) is 12.2. The Balaban J connectivity index is 1.57. The highest BCUT2D eigenvalue weighted by Gasteiger charge is 2.23. The lowest BCUT2D eigenvalue weighted by Crippen LogP contribution is -2.40. The molecule has 0 saturated heterocycles. The second-order valence-electron chi connectivity index (χ2n) is 8.56. The van der Waals surface area contributed by atoms with Crippen molar-refractivity contribution in [3.8, 4) is 17.2 Å². The van der Waals surface area contributed by atoms with Crippen LogP contribution in [0.15, 0.2) is 84.7 Å². The number of fused-ring (bicyclic) bond motifs is 1. The second-order valence-corrected chi connectivity index (χ2v) is 8.56. The van der Waals surface area contributed by atoms with Crippen LogP contribution < -0.4 is 20.2 Å². The maximum atomic E-state index is 13.2. The van der Waals surface area contributed by atoms with Crippen molar-refractivity contribution in [1.82, 2.24) is 20.4 Å². The number of rotatable bonds is 11. The average molecular weight is 528 g/mol. The summed E-state index contributed by atoms with van der Waals surface area (Å²) in [6.07, 6.45) is 2.88. The lowest BCUT2D eigenvalue weighted by atomic mass is 10.1. The third kappa shape index (κ3) is 6.56. The maximum absolute atomic E-state index is 13.2. The van der Waals surface area contributed by atoms with Crippen LogP contribution >= 0.6 is 0 Å². The van der Waals surface area contributed by atoms with Crippen LogP contribution in [0.25, 0.3) is 16.6 Å². The number of ether oxygens (including phenoxy) is 2. The standard InChI is InChI=1S/C29H29N5O5/c1-19(36)17-34(30-2)28(20-7-5-4-6-8-20)24(18-35)29(37)33-27-12-10-22(16-32-27)39-26-13-14-31-25-15-21(38-3)9-11-23(25)26/h4-16,18-19,30,36H,17H2,1-3H3,(H,32,33,37)/b28-24+/t19-/m1/s1. The Morgan fingerprint density at radius 2 is 1.85 bits per heavy atom. The molecule has 10 nitrogen and oxygen atoms in total. The molecule has 0 spiro atoms. The maximum Gasteiger partial charge on any atom is 0.262 e. The number of hydrogen-bond donors (Lipinski definition) is 3. The van der Waals surface area contributed by atoms with E-state index in [1.54, 1.807) is 74.8 Å². The average Bonchev–Trinajstić information content (AvgIpc) is 2.96. The minimum atomic E-state index is -0.721. The van der Waals surface area contributed by atoms with Gasteiger partial charge in [-0.1, -0.05) is 30.3 Å². The van der Waals surface area contributed by atoms with Gasteiger partial charge in [-0.05, 0) is 37.3 Å². The fraction of sp³-hybridized carbons (Fsp3) is 0.172. The van der Waals surface area contributed by atoms with E-state index in [9.17, 15) is 14.7 Å². The Bertz CT molecular complexity index is 1470. The first-order chi connectivity index (χ1) is 18.9. The van der Waals surface area contributed by atoms with Crippen LogP contribution in [0, 0.1) is 0 Å². The topological polar surface area (TPSA) is 126 Å². The van der Waals surface area contributed by atoms with Crippen molar-refractivity contribution in [2.45, 2.75) is 13.0 Å². The normalized spacial score (nSPS) is 12.3. The van der Waals surface area contributed by atoms with Gasteiger partial charge in [-0.2, -0.15) is 0 Å². The van der Waals surface area contributed by atoms with Gasteiger partial charge in [0.25, 0.3) is 5.91 Å². The number of aldehydes is 1. The number of aliphatic hydroxyl groups excluding tert-OH is 1. The minimum absolute atomic E-state index is 0.128. The first-order valence-corrected chi connectivity index (χ1v) is 12.2. The number of anilines is 1. The van der Waals surface area contributed by atoms with Crippen LogP contribution in [0.3, 0.4) is 0 Å². The largest absolute Gasteiger partial charge is 0.497 e. The van der Waals surface area contributed by atoms with E-state index in [0.29, 0.717) is 34.8 Å². The molecule has 0 unspecified atom stereocenters. The zero-order valence-electron chi connectivity index (χ0n) is 21.8. The van der Waals surface area contributed by atoms with Gasteiger partial charge < -0.3 is 24.9 Å². The van der Waals surface area contributed by atoms with Gasteiger partial charge in [0.15, 0.2) is 6.29 Å². The van der Waals surface area contributed by atoms with Crippen LogP contribution in [-0.2, 0) is 9.59 Å². The molecule has 0 aliphatic heterocycles. The van der Waals surface area contributed by atoms with Crippen molar-refractivity contribution in [1.29, 1.82) is 0 Å². The van der Waals surface area contributed by atoms with Crippen molar-refractivity contribution in [3.05, 3.63) is 90.3 Å². The first kappa shape index (κ1) is 27.2. The van der Waals surface area contributed by atoms with E-state index in [1.165, 1.54) is 6.20 Å². The van der Waals surface area contributed by atoms with E-state index in [-0.39, 0.29) is 17.9 Å². The Morgan fingerprint density at radius 1 is 1.08 bits per heavy atom. The van der Waals surface area contributed by atoms with E-state index in [0.717, 1.165) is 10.9 Å². The number of aromatic nitrogens is 2. The van der Waals surface area contributed by atoms with Gasteiger partial charge in [0.2, 0.25) is 0 Å². The summed E-state index contributed by atoms with van der Waals surface area (Å²) in [5, 5.41) is 15.0. The molecule has 0 aliphatic rings. The summed E-state index contributed by atoms with van der Waals surface area (Å²) in [7, 11) is 3.24. The molecule has 2 heterocycles. The molecule has 0 saturated carbocycles. The molecule has 200 valence electrons. The Kier molecular flexibility index (Phi) is 8.82. The molecule has 1 amide bonds. The number of nitrogens with zero attached hydrogens (tertiary/aromatic N) is 3. The number of carbonyl (C=O) groups is 2. The smallest absolute Gasteiger partial charge is 0.262 e. The Hall–Kier alpha value is -4.80. The number of carbonyl (C=O) groups excluding carboxylic acids is 2. The lowest BCUT2D eigenvalue weighted by molar-refractivity contribution is -0.115. The summed E-state index contributed by atoms with van der Waals surface area (Å²) in [4.78, 5) is 34.0. The minimum Gasteiger partial charge on any atom is -0.497 e. The number of pyridine rings is 2. The summed E-state index contributed by atoms with van der Waals surface area (Å²) in [5.41, 5.74) is 4.49. The Labute approximate surface area is 225 Å². The fourth-order valence-corrected chi connectivity index (χ4v) is 3.97. The summed E-state index contributed by atoms with van der Waals surface area (Å²) >= 11 is 0. The predicted octanol–water partition coefficient (Wildman–Crippen LogP) is 3.80. The highest BCUT2D eigenvalue weighted by molar-refractivity contribution is 6.21. The number of benzene rings is 2. The fourth-order valence-electron chi connectivity index (χ4n) is 3.97. The van der Waals surface area contributed by atoms with Gasteiger partial charge in [-0.25, -0.2) is 10.4 Å². The third-order valence-electron chi connectivity index (χ3n) is 5.77. The van der Waals surface area contributed by atoms with Gasteiger partial charge in [0, 0.05) is 30.3 Å². The van der Waals surface area contributed by atoms with Gasteiger partial charge in [-0.3, -0.25) is 14.6 Å². The molecule has 0 aliphatic carbocycles. The van der Waals surface area contributed by atoms with Crippen LogP contribution in [0.2, 0.25) is 0 Å². The molecule has 2 aromatic carbocycles. The zero-order chi connectivity index (χ0) is 27.8. The molecule has 4 aromatic rings. The summed E-state index contributed by atoms with van der Waals surface area (Å²) < 4.78 is 11.3. The number of amides is 1. The molecule has 3 N–H and O–H groups in total. The summed E-state index contributed by atoms with van der Waals surface area (Å²) in [6, 6.07) is 19.5. The molecule has 2 aromatic heterocycles. The highest BCUT2D eigenvalue weighted by atomic mass is 16.5. The van der Waals surface area contributed by atoms with Crippen LogP contribution in [0.4, 0.5) is 5.82 Å². The molecule has 10 heteroatoms.